The average molecular weight is 374 g/mol. The second-order valence-corrected chi connectivity index (χ2v) is 8.27. The third kappa shape index (κ3) is 3.67. The SMILES string of the molecule is COc1ccc(C)cc1S(=O)(=O)Nc1ccccc1-c1csc(C)n1. The average Bonchev–Trinajstić information content (AvgIpc) is 3.01. The summed E-state index contributed by atoms with van der Waals surface area (Å²) in [7, 11) is -2.35. The molecule has 0 aliphatic carbocycles. The van der Waals surface area contributed by atoms with Gasteiger partial charge < -0.3 is 4.74 Å². The van der Waals surface area contributed by atoms with Crippen molar-refractivity contribution in [1.82, 2.24) is 4.98 Å². The molecule has 0 unspecified atom stereocenters. The van der Waals surface area contributed by atoms with Crippen LogP contribution in [-0.4, -0.2) is 20.5 Å². The van der Waals surface area contributed by atoms with Gasteiger partial charge in [-0.2, -0.15) is 0 Å². The molecule has 0 atom stereocenters. The van der Waals surface area contributed by atoms with E-state index in [-0.39, 0.29) is 4.90 Å². The van der Waals surface area contributed by atoms with Gasteiger partial charge in [0.1, 0.15) is 10.6 Å². The highest BCUT2D eigenvalue weighted by Crippen LogP contribution is 2.32. The lowest BCUT2D eigenvalue weighted by Crippen LogP contribution is -2.15. The fraction of sp³-hybridized carbons (Fsp3) is 0.167. The number of hydrogen-bond donors (Lipinski definition) is 1. The number of methoxy groups -OCH3 is 1. The molecule has 1 heterocycles. The largest absolute Gasteiger partial charge is 0.495 e. The Bertz CT molecular complexity index is 1010. The Balaban J connectivity index is 2.04. The first-order valence-corrected chi connectivity index (χ1v) is 9.96. The summed E-state index contributed by atoms with van der Waals surface area (Å²) in [6.07, 6.45) is 0. The van der Waals surface area contributed by atoms with Gasteiger partial charge in [0, 0.05) is 10.9 Å². The van der Waals surface area contributed by atoms with Crippen LogP contribution in [0.1, 0.15) is 10.6 Å². The molecule has 25 heavy (non-hydrogen) atoms. The number of benzene rings is 2. The summed E-state index contributed by atoms with van der Waals surface area (Å²) in [5, 5.41) is 2.84. The van der Waals surface area contributed by atoms with E-state index in [1.807, 2.05) is 37.4 Å². The number of sulfonamides is 1. The number of thiazole rings is 1. The van der Waals surface area contributed by atoms with Gasteiger partial charge in [0.15, 0.2) is 0 Å². The van der Waals surface area contributed by atoms with E-state index in [2.05, 4.69) is 9.71 Å². The topological polar surface area (TPSA) is 68.3 Å². The molecule has 0 saturated carbocycles. The molecular weight excluding hydrogens is 356 g/mol. The molecule has 0 aliphatic rings. The standard InChI is InChI=1S/C18H18N2O3S2/c1-12-8-9-17(23-3)18(10-12)25(21,22)20-15-7-5-4-6-14(15)16-11-24-13(2)19-16/h4-11,20H,1-3H3. The Morgan fingerprint density at radius 1 is 1.12 bits per heavy atom. The van der Waals surface area contributed by atoms with E-state index in [4.69, 9.17) is 4.74 Å². The molecule has 0 aliphatic heterocycles. The number of rotatable bonds is 5. The Hall–Kier alpha value is -2.38. The summed E-state index contributed by atoms with van der Waals surface area (Å²) in [4.78, 5) is 4.56. The van der Waals surface area contributed by atoms with Crippen molar-refractivity contribution < 1.29 is 13.2 Å². The number of aryl methyl sites for hydroxylation is 2. The first-order chi connectivity index (χ1) is 11.9. The van der Waals surface area contributed by atoms with Crippen molar-refractivity contribution in [3.63, 3.8) is 0 Å². The lowest BCUT2D eigenvalue weighted by molar-refractivity contribution is 0.402. The number of anilines is 1. The quantitative estimate of drug-likeness (QED) is 0.725. The van der Waals surface area contributed by atoms with E-state index in [1.54, 1.807) is 24.3 Å². The van der Waals surface area contributed by atoms with Crippen molar-refractivity contribution in [1.29, 1.82) is 0 Å². The molecule has 5 nitrogen and oxygen atoms in total. The molecule has 0 bridgehead atoms. The van der Waals surface area contributed by atoms with Crippen molar-refractivity contribution in [3.05, 3.63) is 58.4 Å². The molecule has 0 spiro atoms. The molecule has 3 rings (SSSR count). The summed E-state index contributed by atoms with van der Waals surface area (Å²) >= 11 is 1.52. The van der Waals surface area contributed by atoms with Crippen LogP contribution in [0.3, 0.4) is 0 Å². The van der Waals surface area contributed by atoms with E-state index in [0.29, 0.717) is 11.4 Å². The summed E-state index contributed by atoms with van der Waals surface area (Å²) < 4.78 is 33.7. The van der Waals surface area contributed by atoms with Gasteiger partial charge in [-0.15, -0.1) is 11.3 Å². The molecule has 0 radical (unpaired) electrons. The minimum atomic E-state index is -3.80. The van der Waals surface area contributed by atoms with Crippen molar-refractivity contribution >= 4 is 27.0 Å². The molecule has 7 heteroatoms. The molecular formula is C18H18N2O3S2. The number of para-hydroxylation sites is 1. The lowest BCUT2D eigenvalue weighted by Gasteiger charge is -2.14. The summed E-state index contributed by atoms with van der Waals surface area (Å²) in [6, 6.07) is 12.3. The third-order valence-corrected chi connectivity index (χ3v) is 5.84. The van der Waals surface area contributed by atoms with Crippen LogP contribution in [0.4, 0.5) is 5.69 Å². The Morgan fingerprint density at radius 3 is 2.56 bits per heavy atom. The van der Waals surface area contributed by atoms with Gasteiger partial charge in [-0.05, 0) is 37.6 Å². The van der Waals surface area contributed by atoms with E-state index in [1.165, 1.54) is 18.4 Å². The van der Waals surface area contributed by atoms with Crippen molar-refractivity contribution in [2.75, 3.05) is 11.8 Å². The minimum absolute atomic E-state index is 0.110. The van der Waals surface area contributed by atoms with Crippen molar-refractivity contribution in [2.45, 2.75) is 18.7 Å². The van der Waals surface area contributed by atoms with Crippen LogP contribution in [-0.2, 0) is 10.0 Å². The maximum Gasteiger partial charge on any atom is 0.265 e. The van der Waals surface area contributed by atoms with E-state index >= 15 is 0 Å². The maximum atomic E-state index is 12.9. The monoisotopic (exact) mass is 374 g/mol. The van der Waals surface area contributed by atoms with E-state index in [0.717, 1.165) is 21.8 Å². The summed E-state index contributed by atoms with van der Waals surface area (Å²) in [5.74, 6) is 0.306. The second kappa shape index (κ2) is 6.85. The smallest absolute Gasteiger partial charge is 0.265 e. The summed E-state index contributed by atoms with van der Waals surface area (Å²) in [5.41, 5.74) is 2.81. The van der Waals surface area contributed by atoms with Gasteiger partial charge >= 0.3 is 0 Å². The second-order valence-electron chi connectivity index (χ2n) is 5.56. The number of nitrogens with one attached hydrogen (secondary N) is 1. The summed E-state index contributed by atoms with van der Waals surface area (Å²) in [6.45, 7) is 3.75. The van der Waals surface area contributed by atoms with Crippen LogP contribution < -0.4 is 9.46 Å². The molecule has 0 fully saturated rings. The first-order valence-electron chi connectivity index (χ1n) is 7.60. The van der Waals surface area contributed by atoms with Gasteiger partial charge in [0.2, 0.25) is 0 Å². The zero-order valence-corrected chi connectivity index (χ0v) is 15.7. The fourth-order valence-corrected chi connectivity index (χ4v) is 4.42. The van der Waals surface area contributed by atoms with Gasteiger partial charge in [0.25, 0.3) is 10.0 Å². The van der Waals surface area contributed by atoms with Crippen LogP contribution in [0.2, 0.25) is 0 Å². The molecule has 1 N–H and O–H groups in total. The fourth-order valence-electron chi connectivity index (χ4n) is 2.48. The number of hydrogen-bond acceptors (Lipinski definition) is 5. The normalized spacial score (nSPS) is 11.3. The van der Waals surface area contributed by atoms with E-state index < -0.39 is 10.0 Å². The van der Waals surface area contributed by atoms with Crippen LogP contribution in [0.25, 0.3) is 11.3 Å². The van der Waals surface area contributed by atoms with Gasteiger partial charge in [-0.3, -0.25) is 4.72 Å². The van der Waals surface area contributed by atoms with Crippen LogP contribution in [0, 0.1) is 13.8 Å². The van der Waals surface area contributed by atoms with Gasteiger partial charge in [-0.25, -0.2) is 13.4 Å². The Morgan fingerprint density at radius 2 is 1.88 bits per heavy atom. The van der Waals surface area contributed by atoms with Crippen LogP contribution in [0.15, 0.2) is 52.7 Å². The molecule has 2 aromatic carbocycles. The third-order valence-electron chi connectivity index (χ3n) is 3.67. The number of ether oxygens (including phenoxy) is 1. The van der Waals surface area contributed by atoms with E-state index in [9.17, 15) is 8.42 Å². The lowest BCUT2D eigenvalue weighted by atomic mass is 10.1. The number of aromatic nitrogens is 1. The molecule has 1 aromatic heterocycles. The zero-order chi connectivity index (χ0) is 18.0. The van der Waals surface area contributed by atoms with Crippen LogP contribution >= 0.6 is 11.3 Å². The molecule has 0 saturated heterocycles. The first kappa shape index (κ1) is 17.4. The Kier molecular flexibility index (Phi) is 4.78. The van der Waals surface area contributed by atoms with Crippen molar-refractivity contribution in [3.8, 4) is 17.0 Å². The molecule has 0 amide bonds. The minimum Gasteiger partial charge on any atom is -0.495 e. The van der Waals surface area contributed by atoms with Crippen LogP contribution in [0.5, 0.6) is 5.75 Å². The Labute approximate surface area is 151 Å². The molecule has 3 aromatic rings. The highest BCUT2D eigenvalue weighted by Gasteiger charge is 2.21. The predicted molar refractivity (Wildman–Crippen MR) is 101 cm³/mol. The number of nitrogens with zero attached hydrogens (tertiary/aromatic N) is 1. The van der Waals surface area contributed by atoms with Crippen molar-refractivity contribution in [2.24, 2.45) is 0 Å². The van der Waals surface area contributed by atoms with Gasteiger partial charge in [-0.1, -0.05) is 24.3 Å². The zero-order valence-electron chi connectivity index (χ0n) is 14.1. The predicted octanol–water partition coefficient (Wildman–Crippen LogP) is 4.24. The highest BCUT2D eigenvalue weighted by molar-refractivity contribution is 7.92. The maximum absolute atomic E-state index is 12.9. The van der Waals surface area contributed by atoms with Gasteiger partial charge in [0.05, 0.1) is 23.5 Å². The molecule has 130 valence electrons. The highest BCUT2D eigenvalue weighted by atomic mass is 32.2.